The van der Waals surface area contributed by atoms with E-state index in [1.807, 2.05) is 30.3 Å². The van der Waals surface area contributed by atoms with E-state index in [-0.39, 0.29) is 51.6 Å². The van der Waals surface area contributed by atoms with Gasteiger partial charge in [0.05, 0.1) is 25.9 Å². The van der Waals surface area contributed by atoms with Gasteiger partial charge in [-0.05, 0) is 36.1 Å². The van der Waals surface area contributed by atoms with Crippen molar-refractivity contribution in [1.82, 2.24) is 21.3 Å². The van der Waals surface area contributed by atoms with Crippen LogP contribution in [0.2, 0.25) is 0 Å². The maximum absolute atomic E-state index is 13.8. The van der Waals surface area contributed by atoms with E-state index in [0.29, 0.717) is 12.0 Å². The lowest BCUT2D eigenvalue weighted by atomic mass is 10.0. The highest BCUT2D eigenvalue weighted by molar-refractivity contribution is 7.99. The summed E-state index contributed by atoms with van der Waals surface area (Å²) in [6, 6.07) is 12.4. The van der Waals surface area contributed by atoms with Crippen LogP contribution in [0.1, 0.15) is 24.5 Å². The van der Waals surface area contributed by atoms with Gasteiger partial charge in [-0.1, -0.05) is 42.5 Å². The molecule has 1 fully saturated rings. The van der Waals surface area contributed by atoms with Crippen molar-refractivity contribution in [3.63, 3.8) is 0 Å². The van der Waals surface area contributed by atoms with E-state index in [9.17, 15) is 28.7 Å². The number of aliphatic hydroxyl groups is 1. The predicted octanol–water partition coefficient (Wildman–Crippen LogP) is 0.690. The molecule has 3 rings (SSSR count). The van der Waals surface area contributed by atoms with Gasteiger partial charge < -0.3 is 35.8 Å². The van der Waals surface area contributed by atoms with E-state index < -0.39 is 53.0 Å². The van der Waals surface area contributed by atoms with Gasteiger partial charge in [0.25, 0.3) is 0 Å². The second kappa shape index (κ2) is 18.2. The van der Waals surface area contributed by atoms with Crippen molar-refractivity contribution >= 4 is 35.4 Å². The summed E-state index contributed by atoms with van der Waals surface area (Å²) in [5.41, 5.74) is 0.278. The van der Waals surface area contributed by atoms with Crippen molar-refractivity contribution in [3.8, 4) is 0 Å². The number of hydrogen-bond donors (Lipinski definition) is 5. The third kappa shape index (κ3) is 12.7. The third-order valence-corrected chi connectivity index (χ3v) is 7.71. The number of thioether (sulfide) groups is 1. The van der Waals surface area contributed by atoms with Crippen molar-refractivity contribution in [2.75, 3.05) is 38.7 Å². The molecule has 0 spiro atoms. The van der Waals surface area contributed by atoms with Crippen LogP contribution in [0.5, 0.6) is 0 Å². The van der Waals surface area contributed by atoms with E-state index in [1.54, 1.807) is 12.1 Å². The zero-order chi connectivity index (χ0) is 31.0. The summed E-state index contributed by atoms with van der Waals surface area (Å²) in [6.45, 7) is 1.66. The van der Waals surface area contributed by atoms with Gasteiger partial charge in [0, 0.05) is 25.6 Å². The maximum atomic E-state index is 13.8. The first-order valence-corrected chi connectivity index (χ1v) is 15.1. The molecule has 0 aliphatic carbocycles. The Morgan fingerprint density at radius 2 is 1.74 bits per heavy atom. The standard InChI is InChI=1S/C30H39FN4O7S/c1-20(36)33-26-19-43-30(40)24(11-10-22-8-5-9-23(31)16-22)35-29(39)25(17-21-6-3-2-4-7-21)34-27(37)18-42-15-14-41-13-12-32-28(26)38/h2-9,16,24-26,30,40H,10-15,17-19H2,1H3,(H,32,38)(H,33,36)(H,34,37)(H,35,39)/t24-,25-,26-,30?/m0/s1. The Hall–Kier alpha value is -3.52. The number of carbonyl (C=O) groups is 4. The monoisotopic (exact) mass is 618 g/mol. The largest absolute Gasteiger partial charge is 0.380 e. The van der Waals surface area contributed by atoms with Crippen molar-refractivity contribution in [3.05, 3.63) is 71.5 Å². The first kappa shape index (κ1) is 34.0. The topological polar surface area (TPSA) is 155 Å². The molecule has 1 aliphatic heterocycles. The molecule has 43 heavy (non-hydrogen) atoms. The minimum atomic E-state index is -1.21. The van der Waals surface area contributed by atoms with Crippen LogP contribution >= 0.6 is 11.8 Å². The molecule has 1 heterocycles. The van der Waals surface area contributed by atoms with Crippen LogP contribution in [0, 0.1) is 5.82 Å². The van der Waals surface area contributed by atoms with Crippen molar-refractivity contribution < 1.29 is 38.1 Å². The molecule has 2 aromatic carbocycles. The van der Waals surface area contributed by atoms with Gasteiger partial charge in [0.1, 0.15) is 29.9 Å². The number of nitrogens with one attached hydrogen (secondary N) is 4. The number of aliphatic hydroxyl groups excluding tert-OH is 1. The number of ether oxygens (including phenoxy) is 2. The van der Waals surface area contributed by atoms with E-state index in [1.165, 1.54) is 19.1 Å². The lowest BCUT2D eigenvalue weighted by Crippen LogP contribution is -2.54. The van der Waals surface area contributed by atoms with Gasteiger partial charge in [-0.2, -0.15) is 0 Å². The number of amides is 4. The minimum absolute atomic E-state index is 0.0117. The predicted molar refractivity (Wildman–Crippen MR) is 159 cm³/mol. The van der Waals surface area contributed by atoms with Gasteiger partial charge in [-0.15, -0.1) is 11.8 Å². The zero-order valence-electron chi connectivity index (χ0n) is 24.1. The Labute approximate surface area is 254 Å². The summed E-state index contributed by atoms with van der Waals surface area (Å²) < 4.78 is 24.6. The molecule has 1 saturated heterocycles. The van der Waals surface area contributed by atoms with E-state index >= 15 is 0 Å². The van der Waals surface area contributed by atoms with Gasteiger partial charge in [0.15, 0.2) is 0 Å². The molecule has 0 saturated carbocycles. The lowest BCUT2D eigenvalue weighted by Gasteiger charge is -2.28. The smallest absolute Gasteiger partial charge is 0.246 e. The summed E-state index contributed by atoms with van der Waals surface area (Å²) in [6.07, 6.45) is 0.748. The van der Waals surface area contributed by atoms with Crippen LogP contribution in [0.3, 0.4) is 0 Å². The fourth-order valence-corrected chi connectivity index (χ4v) is 5.43. The molecule has 2 aromatic rings. The molecular formula is C30H39FN4O7S. The molecule has 1 unspecified atom stereocenters. The molecular weight excluding hydrogens is 579 g/mol. The first-order chi connectivity index (χ1) is 20.7. The first-order valence-electron chi connectivity index (χ1n) is 14.1. The minimum Gasteiger partial charge on any atom is -0.380 e. The van der Waals surface area contributed by atoms with Crippen LogP contribution in [-0.2, 0) is 41.5 Å². The number of carbonyl (C=O) groups excluding carboxylic acids is 4. The Morgan fingerprint density at radius 3 is 2.49 bits per heavy atom. The Balaban J connectivity index is 1.83. The van der Waals surface area contributed by atoms with Crippen molar-refractivity contribution in [2.24, 2.45) is 0 Å². The second-order valence-corrected chi connectivity index (χ2v) is 11.2. The lowest BCUT2D eigenvalue weighted by molar-refractivity contribution is -0.132. The van der Waals surface area contributed by atoms with E-state index in [4.69, 9.17) is 9.47 Å². The Morgan fingerprint density at radius 1 is 1.00 bits per heavy atom. The van der Waals surface area contributed by atoms with Gasteiger partial charge in [0.2, 0.25) is 23.6 Å². The number of halogens is 1. The highest BCUT2D eigenvalue weighted by Gasteiger charge is 2.29. The van der Waals surface area contributed by atoms with Crippen LogP contribution in [0.15, 0.2) is 54.6 Å². The SMILES string of the molecule is CC(=O)N[C@H]1CSC(O)[C@H](CCc2cccc(F)c2)NC(=O)[C@H](Cc2ccccc2)NC(=O)COCCOCCNC1=O. The van der Waals surface area contributed by atoms with Crippen LogP contribution in [0.4, 0.5) is 4.39 Å². The van der Waals surface area contributed by atoms with Crippen LogP contribution in [0.25, 0.3) is 0 Å². The summed E-state index contributed by atoms with van der Waals surface area (Å²) in [4.78, 5) is 50.8. The van der Waals surface area contributed by atoms with E-state index in [0.717, 1.165) is 17.3 Å². The third-order valence-electron chi connectivity index (χ3n) is 6.52. The fourth-order valence-electron chi connectivity index (χ4n) is 4.37. The molecule has 13 heteroatoms. The van der Waals surface area contributed by atoms with Gasteiger partial charge >= 0.3 is 0 Å². The van der Waals surface area contributed by atoms with Crippen LogP contribution < -0.4 is 21.3 Å². The maximum Gasteiger partial charge on any atom is 0.246 e. The van der Waals surface area contributed by atoms with E-state index in [2.05, 4.69) is 21.3 Å². The average Bonchev–Trinajstić information content (AvgIpc) is 2.98. The van der Waals surface area contributed by atoms with Gasteiger partial charge in [-0.25, -0.2) is 4.39 Å². The highest BCUT2D eigenvalue weighted by atomic mass is 32.2. The molecule has 0 radical (unpaired) electrons. The van der Waals surface area contributed by atoms with Gasteiger partial charge in [-0.3, -0.25) is 19.2 Å². The number of rotatable bonds is 6. The highest BCUT2D eigenvalue weighted by Crippen LogP contribution is 2.19. The quantitative estimate of drug-likeness (QED) is 0.317. The number of benzene rings is 2. The molecule has 11 nitrogen and oxygen atoms in total. The average molecular weight is 619 g/mol. The molecule has 0 bridgehead atoms. The summed E-state index contributed by atoms with van der Waals surface area (Å²) >= 11 is 0.984. The molecule has 5 N–H and O–H groups in total. The summed E-state index contributed by atoms with van der Waals surface area (Å²) in [5, 5.41) is 22.1. The van der Waals surface area contributed by atoms with Crippen molar-refractivity contribution in [2.45, 2.75) is 49.7 Å². The second-order valence-electron chi connectivity index (χ2n) is 10.0. The molecule has 4 atom stereocenters. The fraction of sp³-hybridized carbons (Fsp3) is 0.467. The normalized spacial score (nSPS) is 23.5. The molecule has 0 aromatic heterocycles. The van der Waals surface area contributed by atoms with Crippen molar-refractivity contribution in [1.29, 1.82) is 0 Å². The Bertz CT molecular complexity index is 1210. The summed E-state index contributed by atoms with van der Waals surface area (Å²) in [7, 11) is 0. The Kier molecular flexibility index (Phi) is 14.4. The number of aryl methyl sites for hydroxylation is 1. The van der Waals surface area contributed by atoms with Crippen LogP contribution in [-0.4, -0.2) is 91.0 Å². The molecule has 234 valence electrons. The molecule has 1 aliphatic rings. The number of hydrogen-bond acceptors (Lipinski definition) is 8. The molecule has 4 amide bonds. The zero-order valence-corrected chi connectivity index (χ0v) is 24.9. The summed E-state index contributed by atoms with van der Waals surface area (Å²) in [5.74, 6) is -2.29.